The molecule has 0 aliphatic heterocycles. The third-order valence-electron chi connectivity index (χ3n) is 3.39. The Hall–Kier alpha value is -2.42. The van der Waals surface area contributed by atoms with Crippen LogP contribution in [0.25, 0.3) is 0 Å². The molecule has 2 aromatic carbocycles. The lowest BCUT2D eigenvalue weighted by molar-refractivity contribution is -0.116. The zero-order valence-corrected chi connectivity index (χ0v) is 16.3. The molecule has 2 rings (SSSR count). The van der Waals surface area contributed by atoms with E-state index >= 15 is 0 Å². The summed E-state index contributed by atoms with van der Waals surface area (Å²) in [6, 6.07) is 16.0. The van der Waals surface area contributed by atoms with Gasteiger partial charge in [0.05, 0.1) is 0 Å². The lowest BCUT2D eigenvalue weighted by Gasteiger charge is -2.01. The number of anilines is 1. The molecule has 0 atom stereocenters. The van der Waals surface area contributed by atoms with Gasteiger partial charge in [0.1, 0.15) is 5.78 Å². The summed E-state index contributed by atoms with van der Waals surface area (Å²) in [4.78, 5) is 20.6. The van der Waals surface area contributed by atoms with Crippen LogP contribution in [0.1, 0.15) is 77.9 Å². The van der Waals surface area contributed by atoms with Crippen molar-refractivity contribution in [2.45, 2.75) is 70.2 Å². The SMILES string of the molecule is C.C.C.CC(=O)c1ccc(C)cc1.CCC(C)=O.CCNc1ccc(C)cc1. The Kier molecular flexibility index (Phi) is 22.9. The average Bonchev–Trinajstić information content (AvgIpc) is 2.58. The van der Waals surface area contributed by atoms with Crippen molar-refractivity contribution in [1.29, 1.82) is 0 Å². The van der Waals surface area contributed by atoms with E-state index in [9.17, 15) is 9.59 Å². The van der Waals surface area contributed by atoms with Gasteiger partial charge < -0.3 is 10.1 Å². The van der Waals surface area contributed by atoms with Crippen molar-refractivity contribution in [1.82, 2.24) is 0 Å². The Bertz CT molecular complexity index is 629. The second-order valence-corrected chi connectivity index (χ2v) is 5.87. The molecular weight excluding hydrogens is 346 g/mol. The molecule has 0 saturated heterocycles. The molecule has 0 heterocycles. The summed E-state index contributed by atoms with van der Waals surface area (Å²) in [5.41, 5.74) is 4.48. The minimum atomic E-state index is 0. The fraction of sp³-hybridized carbons (Fsp3) is 0.440. The van der Waals surface area contributed by atoms with Crippen LogP contribution in [-0.2, 0) is 4.79 Å². The number of rotatable bonds is 4. The third-order valence-corrected chi connectivity index (χ3v) is 3.39. The van der Waals surface area contributed by atoms with Gasteiger partial charge in [-0.3, -0.25) is 4.79 Å². The van der Waals surface area contributed by atoms with Crippen LogP contribution in [0.3, 0.4) is 0 Å². The summed E-state index contributed by atoms with van der Waals surface area (Å²) in [7, 11) is 0. The van der Waals surface area contributed by atoms with Gasteiger partial charge in [0.2, 0.25) is 0 Å². The molecule has 0 unspecified atom stereocenters. The number of aryl methyl sites for hydroxylation is 2. The zero-order valence-electron chi connectivity index (χ0n) is 16.3. The van der Waals surface area contributed by atoms with Crippen LogP contribution < -0.4 is 5.32 Å². The third kappa shape index (κ3) is 17.0. The van der Waals surface area contributed by atoms with Gasteiger partial charge in [0.25, 0.3) is 0 Å². The number of carbonyl (C=O) groups is 2. The Balaban J connectivity index is -0.000000154. The molecule has 0 bridgehead atoms. The molecular formula is C25H43NO2. The number of hydrogen-bond donors (Lipinski definition) is 1. The summed E-state index contributed by atoms with van der Waals surface area (Å²) in [6.45, 7) is 12.2. The molecule has 3 nitrogen and oxygen atoms in total. The number of Topliss-reactive ketones (excluding diaryl/α,β-unsaturated/α-hetero) is 2. The van der Waals surface area contributed by atoms with Gasteiger partial charge in [-0.25, -0.2) is 0 Å². The Morgan fingerprint density at radius 1 is 0.750 bits per heavy atom. The summed E-state index contributed by atoms with van der Waals surface area (Å²) < 4.78 is 0. The molecule has 0 spiro atoms. The van der Waals surface area contributed by atoms with E-state index in [4.69, 9.17) is 0 Å². The molecule has 0 aliphatic rings. The minimum absolute atomic E-state index is 0. The number of benzene rings is 2. The van der Waals surface area contributed by atoms with Crippen LogP contribution in [0.15, 0.2) is 48.5 Å². The van der Waals surface area contributed by atoms with Gasteiger partial charge in [-0.1, -0.05) is 76.7 Å². The zero-order chi connectivity index (χ0) is 19.2. The molecule has 0 fully saturated rings. The first kappa shape index (κ1) is 33.2. The quantitative estimate of drug-likeness (QED) is 0.550. The fourth-order valence-electron chi connectivity index (χ4n) is 1.66. The predicted molar refractivity (Wildman–Crippen MR) is 128 cm³/mol. The molecule has 2 aromatic rings. The molecule has 28 heavy (non-hydrogen) atoms. The van der Waals surface area contributed by atoms with E-state index in [1.165, 1.54) is 16.8 Å². The first-order valence-electron chi connectivity index (χ1n) is 8.67. The highest BCUT2D eigenvalue weighted by Crippen LogP contribution is 2.07. The van der Waals surface area contributed by atoms with Gasteiger partial charge in [-0.15, -0.1) is 0 Å². The molecule has 0 saturated carbocycles. The first-order chi connectivity index (χ1) is 11.8. The molecule has 0 amide bonds. The molecule has 3 heteroatoms. The monoisotopic (exact) mass is 389 g/mol. The van der Waals surface area contributed by atoms with Gasteiger partial charge in [-0.05, 0) is 46.8 Å². The second-order valence-electron chi connectivity index (χ2n) is 5.87. The van der Waals surface area contributed by atoms with Crippen molar-refractivity contribution < 1.29 is 9.59 Å². The number of nitrogens with one attached hydrogen (secondary N) is 1. The van der Waals surface area contributed by atoms with Crippen LogP contribution in [0.5, 0.6) is 0 Å². The predicted octanol–water partition coefficient (Wildman–Crippen LogP) is 7.52. The number of carbonyl (C=O) groups excluding carboxylic acids is 2. The number of ketones is 2. The van der Waals surface area contributed by atoms with E-state index in [2.05, 4.69) is 43.4 Å². The maximum Gasteiger partial charge on any atom is 0.159 e. The van der Waals surface area contributed by atoms with Gasteiger partial charge in [0.15, 0.2) is 5.78 Å². The van der Waals surface area contributed by atoms with Crippen LogP contribution in [0.2, 0.25) is 0 Å². The highest BCUT2D eigenvalue weighted by atomic mass is 16.1. The van der Waals surface area contributed by atoms with Crippen LogP contribution in [0.4, 0.5) is 5.69 Å². The Morgan fingerprint density at radius 2 is 1.11 bits per heavy atom. The fourth-order valence-corrected chi connectivity index (χ4v) is 1.66. The van der Waals surface area contributed by atoms with E-state index in [0.29, 0.717) is 6.42 Å². The normalized spacial score (nSPS) is 8.07. The summed E-state index contributed by atoms with van der Waals surface area (Å²) in [5.74, 6) is 0.380. The van der Waals surface area contributed by atoms with E-state index in [1.54, 1.807) is 13.8 Å². The van der Waals surface area contributed by atoms with Crippen LogP contribution >= 0.6 is 0 Å². The molecule has 1 N–H and O–H groups in total. The second kappa shape index (κ2) is 19.3. The Labute approximate surface area is 174 Å². The van der Waals surface area contributed by atoms with Crippen molar-refractivity contribution in [3.63, 3.8) is 0 Å². The molecule has 160 valence electrons. The maximum atomic E-state index is 10.8. The Morgan fingerprint density at radius 3 is 1.39 bits per heavy atom. The first-order valence-corrected chi connectivity index (χ1v) is 8.67. The largest absolute Gasteiger partial charge is 0.385 e. The standard InChI is InChI=1S/C9H13N.C9H10O.C4H8O.3CH4/c1-3-10-9-6-4-8(2)5-7-9;1-7-3-5-9(6-4-7)8(2)10;1-3-4(2)5;;;/h4-7,10H,3H2,1-2H3;3-6H,1-2H3;3H2,1-2H3;3*1H4. The topological polar surface area (TPSA) is 46.2 Å². The van der Waals surface area contributed by atoms with Crippen molar-refractivity contribution in [3.05, 3.63) is 65.2 Å². The maximum absolute atomic E-state index is 10.8. The highest BCUT2D eigenvalue weighted by molar-refractivity contribution is 5.93. The van der Waals surface area contributed by atoms with Crippen molar-refractivity contribution in [2.75, 3.05) is 11.9 Å². The van der Waals surface area contributed by atoms with E-state index in [1.807, 2.05) is 38.1 Å². The molecule has 0 aliphatic carbocycles. The average molecular weight is 390 g/mol. The summed E-state index contributed by atoms with van der Waals surface area (Å²) >= 11 is 0. The van der Waals surface area contributed by atoms with Crippen molar-refractivity contribution in [2.24, 2.45) is 0 Å². The summed E-state index contributed by atoms with van der Waals surface area (Å²) in [5, 5.41) is 3.23. The van der Waals surface area contributed by atoms with Gasteiger partial charge in [-0.2, -0.15) is 0 Å². The van der Waals surface area contributed by atoms with Crippen LogP contribution in [0, 0.1) is 13.8 Å². The van der Waals surface area contributed by atoms with E-state index in [0.717, 1.165) is 12.1 Å². The van der Waals surface area contributed by atoms with Crippen molar-refractivity contribution in [3.8, 4) is 0 Å². The van der Waals surface area contributed by atoms with Gasteiger partial charge >= 0.3 is 0 Å². The van der Waals surface area contributed by atoms with E-state index in [-0.39, 0.29) is 33.8 Å². The van der Waals surface area contributed by atoms with E-state index < -0.39 is 0 Å². The smallest absolute Gasteiger partial charge is 0.159 e. The number of hydrogen-bond acceptors (Lipinski definition) is 3. The van der Waals surface area contributed by atoms with Crippen molar-refractivity contribution >= 4 is 17.3 Å². The molecule has 0 radical (unpaired) electrons. The summed E-state index contributed by atoms with van der Waals surface area (Å²) in [6.07, 6.45) is 0.667. The highest BCUT2D eigenvalue weighted by Gasteiger charge is 1.95. The lowest BCUT2D eigenvalue weighted by Crippen LogP contribution is -1.95. The van der Waals surface area contributed by atoms with Gasteiger partial charge in [0, 0.05) is 24.2 Å². The van der Waals surface area contributed by atoms with Crippen LogP contribution in [-0.4, -0.2) is 18.1 Å². The lowest BCUT2D eigenvalue weighted by atomic mass is 10.1. The minimum Gasteiger partial charge on any atom is -0.385 e. The molecule has 0 aromatic heterocycles.